The van der Waals surface area contributed by atoms with Gasteiger partial charge in [0, 0.05) is 25.7 Å². The molecule has 3 aromatic carbocycles. The van der Waals surface area contributed by atoms with Crippen LogP contribution in [-0.4, -0.2) is 41.9 Å². The van der Waals surface area contributed by atoms with Gasteiger partial charge in [0.2, 0.25) is 5.91 Å². The van der Waals surface area contributed by atoms with Crippen molar-refractivity contribution in [2.45, 2.75) is 36.6 Å². The lowest BCUT2D eigenvalue weighted by Crippen LogP contribution is -2.35. The average molecular weight is 708 g/mol. The van der Waals surface area contributed by atoms with E-state index in [0.29, 0.717) is 15.5 Å². The number of hydrogen-bond donors (Lipinski definition) is 1. The molecule has 1 aliphatic rings. The molecular weight excluding hydrogens is 682 g/mol. The molecule has 1 fully saturated rings. The van der Waals surface area contributed by atoms with Crippen molar-refractivity contribution in [1.82, 2.24) is 0 Å². The standard InChI is InChI=1S/C30H26Cl5F2N3O4/c1-29(2,3)44-28(43)40(5)25-20(36)10-11-21(24(25)37)39(4)27(42)16-13-15(7-9-17(16)31)38-26(41)23-22(30(23,34)35)14-6-8-18(32)19(33)12-14/h6-13,22-23H,1-5H3,(H,38,41). The highest BCUT2D eigenvalue weighted by atomic mass is 35.5. The maximum Gasteiger partial charge on any atom is 0.414 e. The molecule has 1 saturated carbocycles. The van der Waals surface area contributed by atoms with Gasteiger partial charge in [0.05, 0.1) is 32.2 Å². The fourth-order valence-electron chi connectivity index (χ4n) is 4.57. The van der Waals surface area contributed by atoms with Gasteiger partial charge in [-0.05, 0) is 68.8 Å². The van der Waals surface area contributed by atoms with Crippen molar-refractivity contribution in [3.63, 3.8) is 0 Å². The lowest BCUT2D eigenvalue weighted by molar-refractivity contribution is -0.117. The molecule has 3 amide bonds. The highest BCUT2D eigenvalue weighted by Crippen LogP contribution is 2.65. The number of nitrogens with one attached hydrogen (secondary N) is 1. The number of halogens is 7. The zero-order valence-electron chi connectivity index (χ0n) is 23.9. The second kappa shape index (κ2) is 12.5. The number of nitrogens with zero attached hydrogens (tertiary/aromatic N) is 2. The average Bonchev–Trinajstić information content (AvgIpc) is 3.51. The number of rotatable bonds is 6. The van der Waals surface area contributed by atoms with Crippen LogP contribution in [0.25, 0.3) is 0 Å². The Labute approximate surface area is 277 Å². The third kappa shape index (κ3) is 6.87. The summed E-state index contributed by atoms with van der Waals surface area (Å²) in [5.41, 5.74) is -1.27. The number of anilines is 3. The van der Waals surface area contributed by atoms with Gasteiger partial charge in [0.1, 0.15) is 21.4 Å². The Morgan fingerprint density at radius 2 is 1.52 bits per heavy atom. The molecule has 7 nitrogen and oxygen atoms in total. The first-order chi connectivity index (χ1) is 20.3. The van der Waals surface area contributed by atoms with Crippen molar-refractivity contribution >= 4 is 93.0 Å². The van der Waals surface area contributed by atoms with Crippen molar-refractivity contribution in [2.24, 2.45) is 5.92 Å². The molecule has 14 heteroatoms. The molecule has 234 valence electrons. The molecule has 0 spiro atoms. The van der Waals surface area contributed by atoms with Crippen molar-refractivity contribution in [1.29, 1.82) is 0 Å². The van der Waals surface area contributed by atoms with E-state index in [1.165, 1.54) is 25.2 Å². The van der Waals surface area contributed by atoms with Gasteiger partial charge in [-0.2, -0.15) is 0 Å². The Balaban J connectivity index is 1.56. The monoisotopic (exact) mass is 705 g/mol. The number of ether oxygens (including phenoxy) is 1. The normalized spacial score (nSPS) is 17.1. The van der Waals surface area contributed by atoms with Crippen LogP contribution in [0.4, 0.5) is 30.6 Å². The SMILES string of the molecule is CN(C(=O)c1cc(NC(=O)C2C(c3ccc(Cl)c(Cl)c3)C2(Cl)Cl)ccc1Cl)c1ccc(F)c(N(C)C(=O)OC(C)(C)C)c1F. The Bertz CT molecular complexity index is 1660. The van der Waals surface area contributed by atoms with E-state index in [2.05, 4.69) is 5.32 Å². The van der Waals surface area contributed by atoms with E-state index in [1.54, 1.807) is 39.0 Å². The summed E-state index contributed by atoms with van der Waals surface area (Å²) in [5.74, 6) is -4.97. The predicted molar refractivity (Wildman–Crippen MR) is 171 cm³/mol. The summed E-state index contributed by atoms with van der Waals surface area (Å²) in [6.45, 7) is 4.82. The molecule has 0 aliphatic heterocycles. The van der Waals surface area contributed by atoms with Crippen LogP contribution in [0.15, 0.2) is 48.5 Å². The van der Waals surface area contributed by atoms with E-state index in [9.17, 15) is 18.8 Å². The van der Waals surface area contributed by atoms with Gasteiger partial charge < -0.3 is 15.0 Å². The Kier molecular flexibility index (Phi) is 9.69. The van der Waals surface area contributed by atoms with Crippen molar-refractivity contribution in [3.8, 4) is 0 Å². The van der Waals surface area contributed by atoms with E-state index >= 15 is 4.39 Å². The summed E-state index contributed by atoms with van der Waals surface area (Å²) in [6.07, 6.45) is -0.997. The molecule has 1 N–H and O–H groups in total. The number of alkyl halides is 2. The molecule has 44 heavy (non-hydrogen) atoms. The fourth-order valence-corrected chi connectivity index (χ4v) is 5.90. The van der Waals surface area contributed by atoms with Crippen LogP contribution in [0, 0.1) is 17.6 Å². The van der Waals surface area contributed by atoms with Gasteiger partial charge in [0.25, 0.3) is 5.91 Å². The summed E-state index contributed by atoms with van der Waals surface area (Å²) >= 11 is 31.3. The largest absolute Gasteiger partial charge is 0.443 e. The van der Waals surface area contributed by atoms with E-state index < -0.39 is 57.0 Å². The highest BCUT2D eigenvalue weighted by molar-refractivity contribution is 6.53. The number of amides is 3. The van der Waals surface area contributed by atoms with E-state index in [4.69, 9.17) is 62.7 Å². The van der Waals surface area contributed by atoms with Crippen LogP contribution in [0.3, 0.4) is 0 Å². The van der Waals surface area contributed by atoms with Gasteiger partial charge in [-0.25, -0.2) is 13.6 Å². The van der Waals surface area contributed by atoms with Crippen LogP contribution >= 0.6 is 58.0 Å². The summed E-state index contributed by atoms with van der Waals surface area (Å²) in [5, 5.41) is 3.30. The number of carbonyl (C=O) groups is 3. The quantitative estimate of drug-likeness (QED) is 0.260. The maximum atomic E-state index is 15.6. The van der Waals surface area contributed by atoms with Crippen LogP contribution in [0.1, 0.15) is 42.6 Å². The summed E-state index contributed by atoms with van der Waals surface area (Å²) in [4.78, 5) is 40.7. The van der Waals surface area contributed by atoms with Crippen molar-refractivity contribution in [2.75, 3.05) is 29.2 Å². The fraction of sp³-hybridized carbons (Fsp3) is 0.300. The molecule has 4 rings (SSSR count). The first-order valence-corrected chi connectivity index (χ1v) is 14.9. The molecule has 0 bridgehead atoms. The Morgan fingerprint density at radius 3 is 2.14 bits per heavy atom. The molecule has 0 aromatic heterocycles. The molecule has 0 radical (unpaired) electrons. The Morgan fingerprint density at radius 1 is 0.886 bits per heavy atom. The summed E-state index contributed by atoms with van der Waals surface area (Å²) in [7, 11) is 2.39. The van der Waals surface area contributed by atoms with Gasteiger partial charge in [-0.3, -0.25) is 14.5 Å². The minimum absolute atomic E-state index is 0.00222. The molecule has 2 unspecified atom stereocenters. The zero-order chi connectivity index (χ0) is 32.9. The van der Waals surface area contributed by atoms with Crippen LogP contribution in [0.5, 0.6) is 0 Å². The van der Waals surface area contributed by atoms with Gasteiger partial charge >= 0.3 is 6.09 Å². The summed E-state index contributed by atoms with van der Waals surface area (Å²) in [6, 6.07) is 10.9. The first kappa shape index (κ1) is 34.1. The second-order valence-electron chi connectivity index (χ2n) is 11.1. The van der Waals surface area contributed by atoms with E-state index in [1.807, 2.05) is 0 Å². The first-order valence-electron chi connectivity index (χ1n) is 13.0. The van der Waals surface area contributed by atoms with E-state index in [0.717, 1.165) is 24.1 Å². The minimum atomic E-state index is -1.42. The van der Waals surface area contributed by atoms with Gasteiger partial charge in [-0.1, -0.05) is 40.9 Å². The molecule has 2 atom stereocenters. The topological polar surface area (TPSA) is 79.0 Å². The predicted octanol–water partition coefficient (Wildman–Crippen LogP) is 9.10. The number of benzene rings is 3. The van der Waals surface area contributed by atoms with Crippen LogP contribution < -0.4 is 15.1 Å². The molecule has 3 aromatic rings. The van der Waals surface area contributed by atoms with Crippen molar-refractivity contribution < 1.29 is 27.9 Å². The van der Waals surface area contributed by atoms with Gasteiger partial charge in [-0.15, -0.1) is 23.2 Å². The maximum absolute atomic E-state index is 15.6. The molecule has 1 aliphatic carbocycles. The molecule has 0 heterocycles. The second-order valence-corrected chi connectivity index (χ2v) is 13.8. The smallest absolute Gasteiger partial charge is 0.414 e. The lowest BCUT2D eigenvalue weighted by atomic mass is 10.1. The van der Waals surface area contributed by atoms with E-state index in [-0.39, 0.29) is 27.0 Å². The highest BCUT2D eigenvalue weighted by Gasteiger charge is 2.67. The van der Waals surface area contributed by atoms with Crippen molar-refractivity contribution in [3.05, 3.63) is 86.4 Å². The molecular formula is C30H26Cl5F2N3O4. The summed E-state index contributed by atoms with van der Waals surface area (Å²) < 4.78 is 34.1. The molecule has 0 saturated heterocycles. The minimum Gasteiger partial charge on any atom is -0.443 e. The third-order valence-corrected chi connectivity index (χ3v) is 8.83. The zero-order valence-corrected chi connectivity index (χ0v) is 27.7. The van der Waals surface area contributed by atoms with Crippen LogP contribution in [-0.2, 0) is 9.53 Å². The van der Waals surface area contributed by atoms with Gasteiger partial charge in [0.15, 0.2) is 5.82 Å². The van der Waals surface area contributed by atoms with Crippen LogP contribution in [0.2, 0.25) is 15.1 Å². The Hall–Kier alpha value is -2.82. The number of carbonyl (C=O) groups excluding carboxylic acids is 3. The lowest BCUT2D eigenvalue weighted by Gasteiger charge is -2.26. The third-order valence-electron chi connectivity index (χ3n) is 6.82. The number of hydrogen-bond acceptors (Lipinski definition) is 4.